The minimum Gasteiger partial charge on any atom is -0.478 e. The van der Waals surface area contributed by atoms with Gasteiger partial charge in [0.1, 0.15) is 0 Å². The Balaban J connectivity index is 1.90. The molecular weight excluding hydrogens is 292 g/mol. The maximum Gasteiger partial charge on any atom is 0.335 e. The van der Waals surface area contributed by atoms with E-state index in [0.29, 0.717) is 24.3 Å². The van der Waals surface area contributed by atoms with Gasteiger partial charge in [-0.3, -0.25) is 9.59 Å². The Hall–Kier alpha value is -2.02. The standard InChI is InChI=1S/C14H16N2O4S/c1-9-8-10(13(18)19)2-3-11(9)15-12(17)4-5-16-6-7-21-14(16)20/h2-3,8H,4-7H2,1H3,(H,15,17)(H,18,19). The number of anilines is 1. The summed E-state index contributed by atoms with van der Waals surface area (Å²) in [4.78, 5) is 35.8. The summed E-state index contributed by atoms with van der Waals surface area (Å²) in [5.41, 5.74) is 1.47. The monoisotopic (exact) mass is 308 g/mol. The fourth-order valence-electron chi connectivity index (χ4n) is 2.01. The molecule has 6 nitrogen and oxygen atoms in total. The van der Waals surface area contributed by atoms with E-state index in [4.69, 9.17) is 5.11 Å². The third-order valence-corrected chi connectivity index (χ3v) is 4.09. The van der Waals surface area contributed by atoms with Crippen molar-refractivity contribution in [3.05, 3.63) is 29.3 Å². The van der Waals surface area contributed by atoms with E-state index in [1.807, 2.05) is 0 Å². The average molecular weight is 308 g/mol. The van der Waals surface area contributed by atoms with Crippen molar-refractivity contribution in [2.24, 2.45) is 0 Å². The molecule has 1 aromatic rings. The average Bonchev–Trinajstić information content (AvgIpc) is 2.84. The Labute approximate surface area is 126 Å². The van der Waals surface area contributed by atoms with E-state index in [9.17, 15) is 14.4 Å². The summed E-state index contributed by atoms with van der Waals surface area (Å²) in [6.07, 6.45) is 0.229. The molecule has 0 bridgehead atoms. The van der Waals surface area contributed by atoms with Gasteiger partial charge in [0.2, 0.25) is 5.91 Å². The molecular formula is C14H16N2O4S. The van der Waals surface area contributed by atoms with E-state index < -0.39 is 5.97 Å². The first-order valence-electron chi connectivity index (χ1n) is 6.53. The van der Waals surface area contributed by atoms with Gasteiger partial charge < -0.3 is 15.3 Å². The molecule has 7 heteroatoms. The molecule has 0 aliphatic carbocycles. The van der Waals surface area contributed by atoms with Crippen LogP contribution in [0.3, 0.4) is 0 Å². The number of nitrogens with one attached hydrogen (secondary N) is 1. The van der Waals surface area contributed by atoms with Crippen LogP contribution in [-0.4, -0.2) is 46.0 Å². The molecule has 0 saturated carbocycles. The zero-order chi connectivity index (χ0) is 15.4. The summed E-state index contributed by atoms with van der Waals surface area (Å²) in [5, 5.41) is 11.6. The van der Waals surface area contributed by atoms with Crippen LogP contribution in [0.15, 0.2) is 18.2 Å². The lowest BCUT2D eigenvalue weighted by Gasteiger charge is -2.14. The van der Waals surface area contributed by atoms with Gasteiger partial charge in [0.15, 0.2) is 0 Å². The predicted octanol–water partition coefficient (Wildman–Crippen LogP) is 2.19. The second-order valence-corrected chi connectivity index (χ2v) is 5.78. The number of carbonyl (C=O) groups excluding carboxylic acids is 2. The van der Waals surface area contributed by atoms with Crippen LogP contribution >= 0.6 is 11.8 Å². The van der Waals surface area contributed by atoms with Crippen molar-refractivity contribution in [1.29, 1.82) is 0 Å². The van der Waals surface area contributed by atoms with Crippen molar-refractivity contribution in [3.63, 3.8) is 0 Å². The SMILES string of the molecule is Cc1cc(C(=O)O)ccc1NC(=O)CCN1CCSC1=O. The normalized spacial score (nSPS) is 14.3. The number of aromatic carboxylic acids is 1. The molecule has 1 aromatic carbocycles. The molecule has 2 rings (SSSR count). The number of benzene rings is 1. The second kappa shape index (κ2) is 6.62. The number of hydrogen-bond acceptors (Lipinski definition) is 4. The largest absolute Gasteiger partial charge is 0.478 e. The van der Waals surface area contributed by atoms with Crippen molar-refractivity contribution in [1.82, 2.24) is 4.90 Å². The predicted molar refractivity (Wildman–Crippen MR) is 80.8 cm³/mol. The number of nitrogens with zero attached hydrogens (tertiary/aromatic N) is 1. The zero-order valence-electron chi connectivity index (χ0n) is 11.6. The first-order valence-corrected chi connectivity index (χ1v) is 7.51. The molecule has 112 valence electrons. The van der Waals surface area contributed by atoms with Gasteiger partial charge in [-0.1, -0.05) is 11.8 Å². The van der Waals surface area contributed by atoms with Crippen molar-refractivity contribution in [3.8, 4) is 0 Å². The maximum absolute atomic E-state index is 11.9. The molecule has 0 aromatic heterocycles. The van der Waals surface area contributed by atoms with E-state index in [0.717, 1.165) is 5.75 Å². The summed E-state index contributed by atoms with van der Waals surface area (Å²) >= 11 is 1.27. The Morgan fingerprint density at radius 2 is 2.19 bits per heavy atom. The summed E-state index contributed by atoms with van der Waals surface area (Å²) in [6, 6.07) is 4.54. The van der Waals surface area contributed by atoms with Gasteiger partial charge >= 0.3 is 5.97 Å². The van der Waals surface area contributed by atoms with Crippen LogP contribution in [0.25, 0.3) is 0 Å². The lowest BCUT2D eigenvalue weighted by Crippen LogP contribution is -2.27. The van der Waals surface area contributed by atoms with Crippen LogP contribution in [0.1, 0.15) is 22.3 Å². The number of carboxylic acids is 1. The Bertz CT molecular complexity index is 588. The van der Waals surface area contributed by atoms with Gasteiger partial charge in [-0.15, -0.1) is 0 Å². The topological polar surface area (TPSA) is 86.7 Å². The number of amides is 2. The van der Waals surface area contributed by atoms with E-state index in [2.05, 4.69) is 5.32 Å². The van der Waals surface area contributed by atoms with E-state index in [1.165, 1.54) is 23.9 Å². The summed E-state index contributed by atoms with van der Waals surface area (Å²) in [6.45, 7) is 2.83. The molecule has 1 saturated heterocycles. The minimum atomic E-state index is -0.999. The smallest absolute Gasteiger partial charge is 0.335 e. The van der Waals surface area contributed by atoms with Gasteiger partial charge in [0.25, 0.3) is 5.24 Å². The summed E-state index contributed by atoms with van der Waals surface area (Å²) in [5.74, 6) is -0.414. The maximum atomic E-state index is 11.9. The summed E-state index contributed by atoms with van der Waals surface area (Å²) < 4.78 is 0. The third-order valence-electron chi connectivity index (χ3n) is 3.20. The van der Waals surface area contributed by atoms with E-state index in [1.54, 1.807) is 17.9 Å². The highest BCUT2D eigenvalue weighted by Gasteiger charge is 2.21. The molecule has 21 heavy (non-hydrogen) atoms. The quantitative estimate of drug-likeness (QED) is 0.870. The molecule has 2 N–H and O–H groups in total. The lowest BCUT2D eigenvalue weighted by atomic mass is 10.1. The number of carboxylic acid groups (broad SMARTS) is 1. The van der Waals surface area contributed by atoms with Crippen molar-refractivity contribution in [2.45, 2.75) is 13.3 Å². The van der Waals surface area contributed by atoms with Gasteiger partial charge in [-0.2, -0.15) is 0 Å². The van der Waals surface area contributed by atoms with Crippen molar-refractivity contribution in [2.75, 3.05) is 24.2 Å². The van der Waals surface area contributed by atoms with Crippen molar-refractivity contribution >= 4 is 34.6 Å². The van der Waals surface area contributed by atoms with Crippen LogP contribution in [-0.2, 0) is 4.79 Å². The molecule has 0 unspecified atom stereocenters. The van der Waals surface area contributed by atoms with Crippen LogP contribution < -0.4 is 5.32 Å². The Morgan fingerprint density at radius 1 is 1.43 bits per heavy atom. The fourth-order valence-corrected chi connectivity index (χ4v) is 2.87. The molecule has 1 aliphatic rings. The number of carbonyl (C=O) groups is 3. The molecule has 1 fully saturated rings. The van der Waals surface area contributed by atoms with Crippen LogP contribution in [0.4, 0.5) is 10.5 Å². The molecule has 0 atom stereocenters. The van der Waals surface area contributed by atoms with Crippen LogP contribution in [0.2, 0.25) is 0 Å². The number of hydrogen-bond donors (Lipinski definition) is 2. The zero-order valence-corrected chi connectivity index (χ0v) is 12.4. The first kappa shape index (κ1) is 15.4. The first-order chi connectivity index (χ1) is 9.97. The van der Waals surface area contributed by atoms with Gasteiger partial charge in [0.05, 0.1) is 5.56 Å². The van der Waals surface area contributed by atoms with E-state index >= 15 is 0 Å². The number of thioether (sulfide) groups is 1. The minimum absolute atomic E-state index is 0.0183. The molecule has 1 heterocycles. The van der Waals surface area contributed by atoms with E-state index in [-0.39, 0.29) is 23.1 Å². The Kier molecular flexibility index (Phi) is 4.85. The summed E-state index contributed by atoms with van der Waals surface area (Å²) in [7, 11) is 0. The Morgan fingerprint density at radius 3 is 2.76 bits per heavy atom. The highest BCUT2D eigenvalue weighted by molar-refractivity contribution is 8.13. The highest BCUT2D eigenvalue weighted by atomic mass is 32.2. The molecule has 0 spiro atoms. The van der Waals surface area contributed by atoms with Gasteiger partial charge in [-0.05, 0) is 30.7 Å². The molecule has 0 radical (unpaired) electrons. The van der Waals surface area contributed by atoms with Crippen molar-refractivity contribution < 1.29 is 19.5 Å². The lowest BCUT2D eigenvalue weighted by molar-refractivity contribution is -0.116. The van der Waals surface area contributed by atoms with Crippen LogP contribution in [0, 0.1) is 6.92 Å². The number of rotatable bonds is 5. The molecule has 2 amide bonds. The van der Waals surface area contributed by atoms with Gasteiger partial charge in [0, 0.05) is 31.0 Å². The molecule has 1 aliphatic heterocycles. The van der Waals surface area contributed by atoms with Gasteiger partial charge in [-0.25, -0.2) is 4.79 Å². The highest BCUT2D eigenvalue weighted by Crippen LogP contribution is 2.19. The second-order valence-electron chi connectivity index (χ2n) is 4.73. The number of aryl methyl sites for hydroxylation is 1. The fraction of sp³-hybridized carbons (Fsp3) is 0.357. The third kappa shape index (κ3) is 3.98. The van der Waals surface area contributed by atoms with Crippen LogP contribution in [0.5, 0.6) is 0 Å².